The molecule has 136 valence electrons. The van der Waals surface area contributed by atoms with E-state index in [4.69, 9.17) is 0 Å². The lowest BCUT2D eigenvalue weighted by Gasteiger charge is -2.14. The molecule has 1 atom stereocenters. The average molecular weight is 354 g/mol. The summed E-state index contributed by atoms with van der Waals surface area (Å²) in [5.74, 6) is -1.49. The van der Waals surface area contributed by atoms with Crippen molar-refractivity contribution in [3.8, 4) is 0 Å². The Morgan fingerprint density at radius 1 is 1.35 bits per heavy atom. The predicted octanol–water partition coefficient (Wildman–Crippen LogP) is 2.51. The molecule has 3 rings (SSSR count). The number of hydrogen-bond acceptors (Lipinski definition) is 3. The normalized spacial score (nSPS) is 12.2. The van der Waals surface area contributed by atoms with E-state index in [-0.39, 0.29) is 6.42 Å². The molecule has 7 nitrogen and oxygen atoms in total. The Morgan fingerprint density at radius 3 is 2.85 bits per heavy atom. The van der Waals surface area contributed by atoms with Crippen LogP contribution in [0.3, 0.4) is 0 Å². The van der Waals surface area contributed by atoms with Crippen molar-refractivity contribution < 1.29 is 14.7 Å². The molecule has 0 aliphatic heterocycles. The van der Waals surface area contributed by atoms with E-state index in [2.05, 4.69) is 15.4 Å². The second kappa shape index (κ2) is 7.43. The van der Waals surface area contributed by atoms with Gasteiger partial charge in [0.2, 0.25) is 0 Å². The molecule has 2 aromatic heterocycles. The van der Waals surface area contributed by atoms with Crippen LogP contribution in [0.15, 0.2) is 36.7 Å². The fourth-order valence-corrected chi connectivity index (χ4v) is 3.06. The molecule has 0 aliphatic carbocycles. The lowest BCUT2D eigenvalue weighted by Crippen LogP contribution is -2.42. The zero-order valence-electron chi connectivity index (χ0n) is 14.8. The largest absolute Gasteiger partial charge is 0.480 e. The number of nitrogens with zero attached hydrogens (tertiary/aromatic N) is 2. The molecule has 3 aromatic rings. The van der Waals surface area contributed by atoms with Crippen LogP contribution in [-0.4, -0.2) is 37.8 Å². The zero-order valence-corrected chi connectivity index (χ0v) is 14.8. The first-order valence-electron chi connectivity index (χ1n) is 8.62. The van der Waals surface area contributed by atoms with E-state index in [1.165, 1.54) is 6.20 Å². The summed E-state index contributed by atoms with van der Waals surface area (Å²) in [6.45, 7) is 4.56. The molecular formula is C19H22N4O3. The minimum atomic E-state index is -1.07. The third-order valence-electron chi connectivity index (χ3n) is 4.49. The number of para-hydroxylation sites is 1. The van der Waals surface area contributed by atoms with Crippen LogP contribution in [0.4, 0.5) is 0 Å². The number of carboxylic acids is 1. The number of aliphatic carboxylic acids is 1. The Balaban J connectivity index is 1.78. The van der Waals surface area contributed by atoms with Gasteiger partial charge in [-0.1, -0.05) is 25.1 Å². The van der Waals surface area contributed by atoms with Crippen molar-refractivity contribution in [2.75, 3.05) is 0 Å². The smallest absolute Gasteiger partial charge is 0.326 e. The predicted molar refractivity (Wildman–Crippen MR) is 98.1 cm³/mol. The van der Waals surface area contributed by atoms with E-state index >= 15 is 0 Å². The summed E-state index contributed by atoms with van der Waals surface area (Å²) < 4.78 is 1.75. The maximum atomic E-state index is 12.6. The highest BCUT2D eigenvalue weighted by molar-refractivity contribution is 5.97. The van der Waals surface area contributed by atoms with Crippen molar-refractivity contribution in [2.24, 2.45) is 0 Å². The van der Waals surface area contributed by atoms with Crippen LogP contribution in [0, 0.1) is 6.92 Å². The van der Waals surface area contributed by atoms with Crippen molar-refractivity contribution in [3.05, 3.63) is 53.5 Å². The number of carboxylic acid groups (broad SMARTS) is 1. The van der Waals surface area contributed by atoms with Crippen molar-refractivity contribution >= 4 is 22.8 Å². The Kier molecular flexibility index (Phi) is 5.06. The maximum absolute atomic E-state index is 12.6. The van der Waals surface area contributed by atoms with Gasteiger partial charge < -0.3 is 15.4 Å². The standard InChI is InChI=1S/C19H22N4O3/c1-3-8-23-12(2)15(11-21-23)18(24)22-17(19(25)26)9-13-10-20-16-7-5-4-6-14(13)16/h4-7,10-11,17,20H,3,8-9H2,1-2H3,(H,22,24)(H,25,26)/t17-/m0/s1. The van der Waals surface area contributed by atoms with E-state index in [0.29, 0.717) is 5.56 Å². The van der Waals surface area contributed by atoms with E-state index in [1.807, 2.05) is 38.1 Å². The van der Waals surface area contributed by atoms with Crippen LogP contribution in [0.5, 0.6) is 0 Å². The SMILES string of the molecule is CCCn1ncc(C(=O)N[C@@H](Cc2c[nH]c3ccccc23)C(=O)O)c1C. The van der Waals surface area contributed by atoms with Crippen LogP contribution in [0.2, 0.25) is 0 Å². The number of nitrogens with one attached hydrogen (secondary N) is 2. The van der Waals surface area contributed by atoms with E-state index < -0.39 is 17.9 Å². The van der Waals surface area contributed by atoms with Crippen LogP contribution < -0.4 is 5.32 Å². The summed E-state index contributed by atoms with van der Waals surface area (Å²) in [7, 11) is 0. The third-order valence-corrected chi connectivity index (χ3v) is 4.49. The molecule has 0 fully saturated rings. The maximum Gasteiger partial charge on any atom is 0.326 e. The lowest BCUT2D eigenvalue weighted by atomic mass is 10.0. The number of fused-ring (bicyclic) bond motifs is 1. The second-order valence-corrected chi connectivity index (χ2v) is 6.29. The monoisotopic (exact) mass is 354 g/mol. The number of aromatic amines is 1. The Morgan fingerprint density at radius 2 is 2.12 bits per heavy atom. The number of rotatable bonds is 7. The number of amides is 1. The number of benzene rings is 1. The molecule has 2 heterocycles. The Labute approximate surface area is 151 Å². The highest BCUT2D eigenvalue weighted by Gasteiger charge is 2.24. The van der Waals surface area contributed by atoms with Gasteiger partial charge in [-0.2, -0.15) is 5.10 Å². The van der Waals surface area contributed by atoms with Crippen LogP contribution in [0.25, 0.3) is 10.9 Å². The number of H-pyrrole nitrogens is 1. The van der Waals surface area contributed by atoms with Crippen molar-refractivity contribution in [3.63, 3.8) is 0 Å². The number of hydrogen-bond donors (Lipinski definition) is 3. The number of carbonyl (C=O) groups is 2. The van der Waals surface area contributed by atoms with E-state index in [9.17, 15) is 14.7 Å². The topological polar surface area (TPSA) is 100 Å². The molecule has 26 heavy (non-hydrogen) atoms. The van der Waals surface area contributed by atoms with Gasteiger partial charge in [0, 0.05) is 35.8 Å². The van der Waals surface area contributed by atoms with Gasteiger partial charge >= 0.3 is 5.97 Å². The van der Waals surface area contributed by atoms with Gasteiger partial charge in [0.05, 0.1) is 11.8 Å². The first-order chi connectivity index (χ1) is 12.5. The summed E-state index contributed by atoms with van der Waals surface area (Å²) in [4.78, 5) is 27.4. The molecule has 0 saturated carbocycles. The molecule has 0 aliphatic rings. The van der Waals surface area contributed by atoms with Gasteiger partial charge in [-0.15, -0.1) is 0 Å². The second-order valence-electron chi connectivity index (χ2n) is 6.29. The average Bonchev–Trinajstić information content (AvgIpc) is 3.19. The van der Waals surface area contributed by atoms with Gasteiger partial charge in [0.1, 0.15) is 6.04 Å². The summed E-state index contributed by atoms with van der Waals surface area (Å²) in [6, 6.07) is 6.66. The Hall–Kier alpha value is -3.09. The molecule has 0 bridgehead atoms. The minimum absolute atomic E-state index is 0.202. The van der Waals surface area contributed by atoms with Crippen LogP contribution in [-0.2, 0) is 17.8 Å². The first kappa shape index (κ1) is 17.7. The lowest BCUT2D eigenvalue weighted by molar-refractivity contribution is -0.139. The molecule has 0 radical (unpaired) electrons. The molecule has 0 unspecified atom stereocenters. The number of aryl methyl sites for hydroxylation is 1. The molecule has 1 aromatic carbocycles. The third kappa shape index (κ3) is 3.46. The Bertz CT molecular complexity index is 941. The summed E-state index contributed by atoms with van der Waals surface area (Å²) >= 11 is 0. The summed E-state index contributed by atoms with van der Waals surface area (Å²) in [5.41, 5.74) is 2.94. The number of aromatic nitrogens is 3. The molecule has 0 spiro atoms. The fourth-order valence-electron chi connectivity index (χ4n) is 3.06. The molecular weight excluding hydrogens is 332 g/mol. The summed E-state index contributed by atoms with van der Waals surface area (Å²) in [5, 5.41) is 17.3. The molecule has 1 amide bonds. The molecule has 0 saturated heterocycles. The highest BCUT2D eigenvalue weighted by atomic mass is 16.4. The quantitative estimate of drug-likeness (QED) is 0.607. The number of carbonyl (C=O) groups excluding carboxylic acids is 1. The zero-order chi connectivity index (χ0) is 18.7. The fraction of sp³-hybridized carbons (Fsp3) is 0.316. The van der Waals surface area contributed by atoms with Crippen LogP contribution >= 0.6 is 0 Å². The van der Waals surface area contributed by atoms with Crippen molar-refractivity contribution in [1.82, 2.24) is 20.1 Å². The minimum Gasteiger partial charge on any atom is -0.480 e. The van der Waals surface area contributed by atoms with E-state index in [0.717, 1.165) is 35.1 Å². The van der Waals surface area contributed by atoms with Crippen molar-refractivity contribution in [1.29, 1.82) is 0 Å². The van der Waals surface area contributed by atoms with Gasteiger partial charge in [0.15, 0.2) is 0 Å². The van der Waals surface area contributed by atoms with Crippen LogP contribution in [0.1, 0.15) is 35.0 Å². The van der Waals surface area contributed by atoms with Gasteiger partial charge in [-0.25, -0.2) is 4.79 Å². The van der Waals surface area contributed by atoms with Gasteiger partial charge in [-0.05, 0) is 25.0 Å². The summed E-state index contributed by atoms with van der Waals surface area (Å²) in [6.07, 6.45) is 4.39. The van der Waals surface area contributed by atoms with Crippen molar-refractivity contribution in [2.45, 2.75) is 39.3 Å². The first-order valence-corrected chi connectivity index (χ1v) is 8.62. The van der Waals surface area contributed by atoms with Gasteiger partial charge in [-0.3, -0.25) is 9.48 Å². The van der Waals surface area contributed by atoms with E-state index in [1.54, 1.807) is 10.9 Å². The molecule has 3 N–H and O–H groups in total. The van der Waals surface area contributed by atoms with Gasteiger partial charge in [0.25, 0.3) is 5.91 Å². The highest BCUT2D eigenvalue weighted by Crippen LogP contribution is 2.19. The molecule has 7 heteroatoms.